The summed E-state index contributed by atoms with van der Waals surface area (Å²) in [6, 6.07) is 7.40. The number of amides is 3. The SMILES string of the molecule is CCC(=O)N1CCN([C@@H](Cc2ccccc2)C(=O)N2C[C@@H](F)C[C@H]2C(=O)OC)C(=O)C12CC2. The van der Waals surface area contributed by atoms with Crippen LogP contribution in [0.1, 0.15) is 38.2 Å². The molecule has 0 bridgehead atoms. The molecule has 2 saturated heterocycles. The van der Waals surface area contributed by atoms with Crippen LogP contribution >= 0.6 is 0 Å². The van der Waals surface area contributed by atoms with Gasteiger partial charge in [0, 0.05) is 32.4 Å². The van der Waals surface area contributed by atoms with Crippen molar-refractivity contribution in [3.63, 3.8) is 0 Å². The summed E-state index contributed by atoms with van der Waals surface area (Å²) in [5.41, 5.74) is -0.0261. The summed E-state index contributed by atoms with van der Waals surface area (Å²) in [6.07, 6.45) is 0.244. The van der Waals surface area contributed by atoms with E-state index in [-0.39, 0.29) is 37.7 Å². The quantitative estimate of drug-likeness (QED) is 0.599. The standard InChI is InChI=1S/C24H30FN3O5/c1-3-20(29)28-12-11-26(23(32)24(28)9-10-24)18(13-16-7-5-4-6-8-16)21(30)27-15-17(25)14-19(27)22(31)33-2/h4-8,17-19H,3,9-15H2,1-2H3/t17-,18-,19-/m0/s1. The summed E-state index contributed by atoms with van der Waals surface area (Å²) in [7, 11) is 1.21. The molecule has 1 saturated carbocycles. The zero-order chi connectivity index (χ0) is 23.8. The van der Waals surface area contributed by atoms with Crippen molar-refractivity contribution in [1.82, 2.24) is 14.7 Å². The molecule has 1 aliphatic carbocycles. The number of hydrogen-bond acceptors (Lipinski definition) is 5. The third-order valence-electron chi connectivity index (χ3n) is 7.01. The number of methoxy groups -OCH3 is 1. The van der Waals surface area contributed by atoms with Gasteiger partial charge in [0.05, 0.1) is 13.7 Å². The Morgan fingerprint density at radius 3 is 2.48 bits per heavy atom. The highest BCUT2D eigenvalue weighted by atomic mass is 19.1. The fourth-order valence-corrected chi connectivity index (χ4v) is 5.11. The summed E-state index contributed by atoms with van der Waals surface area (Å²) in [4.78, 5) is 56.5. The van der Waals surface area contributed by atoms with E-state index in [9.17, 15) is 23.6 Å². The molecule has 2 aliphatic heterocycles. The van der Waals surface area contributed by atoms with Gasteiger partial charge in [-0.2, -0.15) is 0 Å². The number of benzene rings is 1. The molecule has 0 radical (unpaired) electrons. The lowest BCUT2D eigenvalue weighted by molar-refractivity contribution is -0.161. The summed E-state index contributed by atoms with van der Waals surface area (Å²) < 4.78 is 19.1. The van der Waals surface area contributed by atoms with E-state index >= 15 is 0 Å². The van der Waals surface area contributed by atoms with Crippen molar-refractivity contribution in [3.8, 4) is 0 Å². The van der Waals surface area contributed by atoms with E-state index in [1.54, 1.807) is 16.7 Å². The zero-order valence-corrected chi connectivity index (χ0v) is 19.0. The number of halogens is 1. The van der Waals surface area contributed by atoms with Crippen molar-refractivity contribution in [2.24, 2.45) is 0 Å². The largest absolute Gasteiger partial charge is 0.467 e. The number of esters is 1. The van der Waals surface area contributed by atoms with E-state index in [1.165, 1.54) is 12.0 Å². The van der Waals surface area contributed by atoms with Gasteiger partial charge in [-0.05, 0) is 18.4 Å². The molecule has 3 atom stereocenters. The highest BCUT2D eigenvalue weighted by Crippen LogP contribution is 2.46. The molecular weight excluding hydrogens is 429 g/mol. The van der Waals surface area contributed by atoms with Crippen LogP contribution in [0, 0.1) is 0 Å². The minimum absolute atomic E-state index is 0.0722. The van der Waals surface area contributed by atoms with E-state index in [1.807, 2.05) is 30.3 Å². The van der Waals surface area contributed by atoms with Crippen LogP contribution in [0.25, 0.3) is 0 Å². The van der Waals surface area contributed by atoms with Crippen molar-refractivity contribution in [3.05, 3.63) is 35.9 Å². The topological polar surface area (TPSA) is 87.2 Å². The molecule has 2 heterocycles. The maximum atomic E-state index is 14.3. The van der Waals surface area contributed by atoms with Gasteiger partial charge in [-0.25, -0.2) is 9.18 Å². The Hall–Kier alpha value is -2.97. The third kappa shape index (κ3) is 4.20. The number of carbonyl (C=O) groups is 4. The first-order valence-electron chi connectivity index (χ1n) is 11.5. The highest BCUT2D eigenvalue weighted by molar-refractivity contribution is 5.98. The summed E-state index contributed by atoms with van der Waals surface area (Å²) in [5.74, 6) is -1.44. The Bertz CT molecular complexity index is 935. The predicted molar refractivity (Wildman–Crippen MR) is 117 cm³/mol. The van der Waals surface area contributed by atoms with Crippen molar-refractivity contribution in [1.29, 1.82) is 0 Å². The maximum absolute atomic E-state index is 14.3. The Labute approximate surface area is 192 Å². The Morgan fingerprint density at radius 2 is 1.88 bits per heavy atom. The second-order valence-electron chi connectivity index (χ2n) is 9.00. The Balaban J connectivity index is 1.65. The Morgan fingerprint density at radius 1 is 1.18 bits per heavy atom. The van der Waals surface area contributed by atoms with Crippen LogP contribution in [-0.4, -0.2) is 88.9 Å². The number of nitrogens with zero attached hydrogens (tertiary/aromatic N) is 3. The summed E-state index contributed by atoms with van der Waals surface area (Å²) in [5, 5.41) is 0. The minimum Gasteiger partial charge on any atom is -0.467 e. The molecule has 1 spiro atoms. The summed E-state index contributed by atoms with van der Waals surface area (Å²) in [6.45, 7) is 2.12. The molecule has 0 aromatic heterocycles. The van der Waals surface area contributed by atoms with E-state index in [2.05, 4.69) is 0 Å². The van der Waals surface area contributed by atoms with Crippen LogP contribution < -0.4 is 0 Å². The van der Waals surface area contributed by atoms with E-state index < -0.39 is 35.7 Å². The first-order valence-corrected chi connectivity index (χ1v) is 11.5. The van der Waals surface area contributed by atoms with Crippen LogP contribution in [0.4, 0.5) is 4.39 Å². The van der Waals surface area contributed by atoms with E-state index in [4.69, 9.17) is 4.74 Å². The smallest absolute Gasteiger partial charge is 0.328 e. The molecule has 0 unspecified atom stereocenters. The molecule has 3 amide bonds. The number of alkyl halides is 1. The highest BCUT2D eigenvalue weighted by Gasteiger charge is 2.61. The van der Waals surface area contributed by atoms with Gasteiger partial charge in [-0.3, -0.25) is 14.4 Å². The molecule has 8 nitrogen and oxygen atoms in total. The lowest BCUT2D eigenvalue weighted by Crippen LogP contribution is -2.65. The van der Waals surface area contributed by atoms with Crippen molar-refractivity contribution >= 4 is 23.7 Å². The number of carbonyl (C=O) groups excluding carboxylic acids is 4. The Kier molecular flexibility index (Phi) is 6.41. The van der Waals surface area contributed by atoms with Gasteiger partial charge in [0.1, 0.15) is 23.8 Å². The van der Waals surface area contributed by atoms with E-state index in [0.717, 1.165) is 5.56 Å². The number of hydrogen-bond donors (Lipinski definition) is 0. The number of piperazine rings is 1. The molecule has 3 aliphatic rings. The van der Waals surface area contributed by atoms with Gasteiger partial charge in [-0.1, -0.05) is 37.3 Å². The zero-order valence-electron chi connectivity index (χ0n) is 19.0. The minimum atomic E-state index is -1.33. The van der Waals surface area contributed by atoms with Gasteiger partial charge in [0.2, 0.25) is 17.7 Å². The van der Waals surface area contributed by atoms with E-state index in [0.29, 0.717) is 25.8 Å². The number of likely N-dealkylation sites (tertiary alicyclic amines) is 1. The second kappa shape index (κ2) is 9.11. The second-order valence-corrected chi connectivity index (χ2v) is 9.00. The molecule has 0 N–H and O–H groups in total. The normalized spacial score (nSPS) is 24.7. The first kappa shape index (κ1) is 23.2. The molecule has 1 aromatic rings. The number of ether oxygens (including phenoxy) is 1. The van der Waals surface area contributed by atoms with Crippen LogP contribution in [0.15, 0.2) is 30.3 Å². The molecule has 1 aromatic carbocycles. The average molecular weight is 460 g/mol. The lowest BCUT2D eigenvalue weighted by Gasteiger charge is -2.45. The van der Waals surface area contributed by atoms with Gasteiger partial charge >= 0.3 is 5.97 Å². The van der Waals surface area contributed by atoms with Gasteiger partial charge in [0.15, 0.2) is 0 Å². The molecular formula is C24H30FN3O5. The lowest BCUT2D eigenvalue weighted by atomic mass is 9.99. The molecule has 4 rings (SSSR count). The van der Waals surface area contributed by atoms with Crippen LogP contribution in [-0.2, 0) is 30.3 Å². The van der Waals surface area contributed by atoms with Crippen LogP contribution in [0.2, 0.25) is 0 Å². The van der Waals surface area contributed by atoms with Crippen molar-refractivity contribution in [2.45, 2.75) is 62.8 Å². The monoisotopic (exact) mass is 459 g/mol. The first-order chi connectivity index (χ1) is 15.8. The van der Waals surface area contributed by atoms with Crippen LogP contribution in [0.5, 0.6) is 0 Å². The molecule has 3 fully saturated rings. The fourth-order valence-electron chi connectivity index (χ4n) is 5.11. The third-order valence-corrected chi connectivity index (χ3v) is 7.01. The average Bonchev–Trinajstić information content (AvgIpc) is 3.52. The van der Waals surface area contributed by atoms with Crippen molar-refractivity contribution in [2.75, 3.05) is 26.7 Å². The summed E-state index contributed by atoms with van der Waals surface area (Å²) >= 11 is 0. The van der Waals surface area contributed by atoms with Crippen molar-refractivity contribution < 1.29 is 28.3 Å². The van der Waals surface area contributed by atoms with Crippen LogP contribution in [0.3, 0.4) is 0 Å². The number of rotatable bonds is 6. The molecule has 9 heteroatoms. The molecule has 33 heavy (non-hydrogen) atoms. The van der Waals surface area contributed by atoms with Gasteiger partial charge < -0.3 is 19.4 Å². The maximum Gasteiger partial charge on any atom is 0.328 e. The molecule has 178 valence electrons. The predicted octanol–water partition coefficient (Wildman–Crippen LogP) is 1.32. The van der Waals surface area contributed by atoms with Gasteiger partial charge in [-0.15, -0.1) is 0 Å². The van der Waals surface area contributed by atoms with Gasteiger partial charge in [0.25, 0.3) is 0 Å². The fraction of sp³-hybridized carbons (Fsp3) is 0.583.